The molecule has 0 spiro atoms. The molecule has 186 valence electrons. The Kier molecular flexibility index (Phi) is 6.55. The van der Waals surface area contributed by atoms with Gasteiger partial charge < -0.3 is 4.74 Å². The first-order valence-electron chi connectivity index (χ1n) is 11.6. The summed E-state index contributed by atoms with van der Waals surface area (Å²) in [6, 6.07) is 10.2. The van der Waals surface area contributed by atoms with Crippen LogP contribution in [-0.2, 0) is 9.53 Å². The maximum absolute atomic E-state index is 13.7. The highest BCUT2D eigenvalue weighted by Gasteiger charge is 2.24. The third kappa shape index (κ3) is 4.74. The molecule has 0 N–H and O–H groups in total. The van der Waals surface area contributed by atoms with Crippen molar-refractivity contribution in [1.29, 1.82) is 10.5 Å². The van der Waals surface area contributed by atoms with Crippen LogP contribution >= 0.6 is 11.8 Å². The van der Waals surface area contributed by atoms with Gasteiger partial charge in [-0.3, -0.25) is 9.80 Å². The van der Waals surface area contributed by atoms with Crippen molar-refractivity contribution in [2.45, 2.75) is 42.6 Å². The number of halogens is 1. The lowest BCUT2D eigenvalue weighted by Gasteiger charge is -2.33. The number of fused-ring (bicyclic) bond motifs is 1. The van der Waals surface area contributed by atoms with Crippen LogP contribution in [0.4, 0.5) is 4.39 Å². The molecule has 3 aromatic heterocycles. The summed E-state index contributed by atoms with van der Waals surface area (Å²) in [6.45, 7) is 4.81. The molecule has 9 nitrogen and oxygen atoms in total. The van der Waals surface area contributed by atoms with Gasteiger partial charge in [0, 0.05) is 60.0 Å². The van der Waals surface area contributed by atoms with Crippen molar-refractivity contribution in [3.8, 4) is 23.3 Å². The Morgan fingerprint density at radius 3 is 2.57 bits per heavy atom. The molecule has 1 aliphatic rings. The van der Waals surface area contributed by atoms with Crippen molar-refractivity contribution in [1.82, 2.24) is 19.5 Å². The molecule has 1 aromatic carbocycles. The smallest absolute Gasteiger partial charge is 0.302 e. The summed E-state index contributed by atoms with van der Waals surface area (Å²) in [4.78, 5) is 14.4. The molecule has 0 atom stereocenters. The van der Waals surface area contributed by atoms with E-state index < -0.39 is 5.82 Å². The number of nitrogens with zero attached hydrogens (tertiary/aromatic N) is 7. The van der Waals surface area contributed by atoms with Crippen LogP contribution < -0.4 is 5.01 Å². The molecule has 0 unspecified atom stereocenters. The minimum absolute atomic E-state index is 0.0787. The molecule has 11 heteroatoms. The zero-order valence-electron chi connectivity index (χ0n) is 20.2. The van der Waals surface area contributed by atoms with E-state index in [1.54, 1.807) is 16.8 Å². The number of ether oxygens (including phenoxy) is 1. The molecule has 0 amide bonds. The van der Waals surface area contributed by atoms with Crippen molar-refractivity contribution in [3.05, 3.63) is 65.5 Å². The van der Waals surface area contributed by atoms with Crippen LogP contribution in [0.3, 0.4) is 0 Å². The SMILES string of the molecule is CC(=O)OC1CCN(n2ncc(-c3cc(Sc4ccc(F)cc4C#N)c4c(C#N)cnn4c3)c2C)CC1. The normalized spacial score (nSPS) is 13.9. The number of nitriles is 2. The highest BCUT2D eigenvalue weighted by molar-refractivity contribution is 7.99. The summed E-state index contributed by atoms with van der Waals surface area (Å²) in [5.74, 6) is -0.748. The average molecular weight is 516 g/mol. The summed E-state index contributed by atoms with van der Waals surface area (Å²) in [7, 11) is 0. The van der Waals surface area contributed by atoms with E-state index in [9.17, 15) is 19.7 Å². The number of esters is 1. The number of rotatable bonds is 5. The fourth-order valence-electron chi connectivity index (χ4n) is 4.54. The third-order valence-corrected chi connectivity index (χ3v) is 7.40. The molecule has 37 heavy (non-hydrogen) atoms. The van der Waals surface area contributed by atoms with Crippen LogP contribution in [0, 0.1) is 35.4 Å². The second kappa shape index (κ2) is 9.96. The van der Waals surface area contributed by atoms with E-state index in [1.807, 2.05) is 30.0 Å². The van der Waals surface area contributed by atoms with E-state index in [4.69, 9.17) is 4.74 Å². The summed E-state index contributed by atoms with van der Waals surface area (Å²) in [5, 5.41) is 30.2. The minimum Gasteiger partial charge on any atom is -0.462 e. The molecule has 1 aliphatic heterocycles. The van der Waals surface area contributed by atoms with Crippen molar-refractivity contribution < 1.29 is 13.9 Å². The average Bonchev–Trinajstić information content (AvgIpc) is 3.48. The first kappa shape index (κ1) is 24.3. The molecule has 0 radical (unpaired) electrons. The van der Waals surface area contributed by atoms with E-state index in [-0.39, 0.29) is 17.6 Å². The van der Waals surface area contributed by atoms with E-state index in [2.05, 4.69) is 21.3 Å². The number of piperidine rings is 1. The van der Waals surface area contributed by atoms with Gasteiger partial charge in [-0.05, 0) is 31.2 Å². The molecule has 0 aliphatic carbocycles. The number of carbonyl (C=O) groups excluding carboxylic acids is 1. The summed E-state index contributed by atoms with van der Waals surface area (Å²) >= 11 is 1.29. The van der Waals surface area contributed by atoms with Crippen LogP contribution in [0.5, 0.6) is 0 Å². The lowest BCUT2D eigenvalue weighted by atomic mass is 10.1. The zero-order valence-corrected chi connectivity index (χ0v) is 21.0. The van der Waals surface area contributed by atoms with E-state index in [1.165, 1.54) is 37.0 Å². The Morgan fingerprint density at radius 2 is 1.86 bits per heavy atom. The van der Waals surface area contributed by atoms with Gasteiger partial charge in [-0.15, -0.1) is 0 Å². The number of hydrogen-bond acceptors (Lipinski definition) is 8. The molecule has 4 heterocycles. The molecular weight excluding hydrogens is 493 g/mol. The largest absolute Gasteiger partial charge is 0.462 e. The van der Waals surface area contributed by atoms with Gasteiger partial charge in [-0.25, -0.2) is 8.91 Å². The topological polar surface area (TPSA) is 112 Å². The Morgan fingerprint density at radius 1 is 1.11 bits per heavy atom. The molecule has 1 saturated heterocycles. The number of hydrogen-bond donors (Lipinski definition) is 0. The van der Waals surface area contributed by atoms with Crippen LogP contribution in [0.1, 0.15) is 36.6 Å². The van der Waals surface area contributed by atoms with Crippen molar-refractivity contribution in [2.24, 2.45) is 0 Å². The maximum Gasteiger partial charge on any atom is 0.302 e. The number of aromatic nitrogens is 4. The zero-order chi connectivity index (χ0) is 26.1. The first-order valence-corrected chi connectivity index (χ1v) is 12.5. The Bertz CT molecular complexity index is 1590. The van der Waals surface area contributed by atoms with Gasteiger partial charge in [0.25, 0.3) is 0 Å². The first-order chi connectivity index (χ1) is 17.9. The van der Waals surface area contributed by atoms with Gasteiger partial charge in [0.05, 0.1) is 34.7 Å². The quantitative estimate of drug-likeness (QED) is 0.364. The number of benzene rings is 1. The van der Waals surface area contributed by atoms with E-state index in [0.29, 0.717) is 34.0 Å². The fraction of sp³-hybridized carbons (Fsp3) is 0.269. The Hall–Kier alpha value is -4.35. The van der Waals surface area contributed by atoms with Gasteiger partial charge in [0.1, 0.15) is 24.1 Å². The second-order valence-corrected chi connectivity index (χ2v) is 9.79. The van der Waals surface area contributed by atoms with E-state index in [0.717, 1.165) is 29.7 Å². The number of carbonyl (C=O) groups is 1. The Labute approximate surface area is 216 Å². The molecule has 4 aromatic rings. The van der Waals surface area contributed by atoms with Crippen molar-refractivity contribution in [3.63, 3.8) is 0 Å². The highest BCUT2D eigenvalue weighted by atomic mass is 32.2. The van der Waals surface area contributed by atoms with Gasteiger partial charge in [0.2, 0.25) is 0 Å². The van der Waals surface area contributed by atoms with Gasteiger partial charge in [-0.1, -0.05) is 11.8 Å². The lowest BCUT2D eigenvalue weighted by molar-refractivity contribution is -0.147. The van der Waals surface area contributed by atoms with Gasteiger partial charge in [0.15, 0.2) is 0 Å². The monoisotopic (exact) mass is 515 g/mol. The molecule has 1 fully saturated rings. The van der Waals surface area contributed by atoms with Crippen LogP contribution in [0.15, 0.2) is 52.6 Å². The number of pyridine rings is 1. The predicted molar refractivity (Wildman–Crippen MR) is 134 cm³/mol. The third-order valence-electron chi connectivity index (χ3n) is 6.30. The predicted octanol–water partition coefficient (Wildman–Crippen LogP) is 4.20. The molecule has 5 rings (SSSR count). The van der Waals surface area contributed by atoms with Crippen molar-refractivity contribution >= 4 is 23.2 Å². The fourth-order valence-corrected chi connectivity index (χ4v) is 5.61. The van der Waals surface area contributed by atoms with Crippen LogP contribution in [-0.4, -0.2) is 44.7 Å². The lowest BCUT2D eigenvalue weighted by Crippen LogP contribution is -2.45. The molecular formula is C26H22FN7O2S. The molecule has 0 bridgehead atoms. The van der Waals surface area contributed by atoms with Gasteiger partial charge in [-0.2, -0.15) is 25.5 Å². The van der Waals surface area contributed by atoms with Crippen LogP contribution in [0.2, 0.25) is 0 Å². The van der Waals surface area contributed by atoms with Gasteiger partial charge >= 0.3 is 5.97 Å². The maximum atomic E-state index is 13.7. The summed E-state index contributed by atoms with van der Waals surface area (Å²) in [5.41, 5.74) is 3.88. The summed E-state index contributed by atoms with van der Waals surface area (Å²) in [6.07, 6.45) is 6.51. The molecule has 0 saturated carbocycles. The Balaban J connectivity index is 1.51. The van der Waals surface area contributed by atoms with E-state index >= 15 is 0 Å². The highest BCUT2D eigenvalue weighted by Crippen LogP contribution is 2.38. The minimum atomic E-state index is -0.484. The van der Waals surface area contributed by atoms with Crippen molar-refractivity contribution in [2.75, 3.05) is 18.1 Å². The summed E-state index contributed by atoms with van der Waals surface area (Å²) < 4.78 is 20.7. The second-order valence-electron chi connectivity index (χ2n) is 8.71. The van der Waals surface area contributed by atoms with Crippen LogP contribution in [0.25, 0.3) is 16.6 Å². The standard InChI is InChI=1S/C26H22FN7O2S/c1-16-23(14-31-34(16)32-7-5-22(6-8-32)36-17(2)35)19-10-25(26-20(12-29)13-30-33(26)15-19)37-24-4-3-21(27)9-18(24)11-28/h3-4,9-10,13-15,22H,5-8H2,1-2H3.